The van der Waals surface area contributed by atoms with E-state index < -0.39 is 16.8 Å². The Hall–Kier alpha value is -0.610. The second-order valence-electron chi connectivity index (χ2n) is 6.78. The molecule has 19 heavy (non-hydrogen) atoms. The predicted molar refractivity (Wildman–Crippen MR) is 71.9 cm³/mol. The largest absolute Gasteiger partial charge is 0.464 e. The Kier molecular flexibility index (Phi) is 3.26. The summed E-state index contributed by atoms with van der Waals surface area (Å²) in [6.07, 6.45) is 2.30. The van der Waals surface area contributed by atoms with Crippen molar-refractivity contribution in [2.24, 2.45) is 0 Å². The molecule has 110 valence electrons. The van der Waals surface area contributed by atoms with Gasteiger partial charge >= 0.3 is 5.97 Å². The van der Waals surface area contributed by atoms with E-state index in [9.17, 15) is 4.79 Å². The maximum Gasteiger partial charge on any atom is 0.341 e. The average molecular weight is 270 g/mol. The van der Waals surface area contributed by atoms with Crippen LogP contribution in [0.1, 0.15) is 60.8 Å². The Morgan fingerprint density at radius 3 is 2.21 bits per heavy atom. The molecule has 2 aliphatic heterocycles. The normalized spacial score (nSPS) is 38.4. The molecular weight excluding hydrogens is 244 g/mol. The van der Waals surface area contributed by atoms with Gasteiger partial charge in [0.25, 0.3) is 0 Å². The lowest BCUT2D eigenvalue weighted by molar-refractivity contribution is -0.150. The van der Waals surface area contributed by atoms with Crippen LogP contribution in [0.4, 0.5) is 0 Å². The quantitative estimate of drug-likeness (QED) is 0.582. The fourth-order valence-corrected chi connectivity index (χ4v) is 3.84. The summed E-state index contributed by atoms with van der Waals surface area (Å²) in [7, 11) is 0. The Morgan fingerprint density at radius 1 is 1.16 bits per heavy atom. The molecule has 2 heterocycles. The molecule has 2 unspecified atom stereocenters. The summed E-state index contributed by atoms with van der Waals surface area (Å²) in [5, 5.41) is 0. The van der Waals surface area contributed by atoms with Gasteiger partial charge in [-0.15, -0.1) is 0 Å². The Bertz CT molecular complexity index is 388. The zero-order valence-corrected chi connectivity index (χ0v) is 13.0. The first-order valence-electron chi connectivity index (χ1n) is 7.24. The van der Waals surface area contributed by atoms with Crippen LogP contribution in [-0.4, -0.2) is 35.0 Å². The molecule has 1 spiro atoms. The molecule has 0 saturated carbocycles. The van der Waals surface area contributed by atoms with Crippen LogP contribution in [0.25, 0.3) is 0 Å². The molecule has 2 aliphatic rings. The van der Waals surface area contributed by atoms with Crippen molar-refractivity contribution in [2.75, 3.05) is 6.61 Å². The van der Waals surface area contributed by atoms with Gasteiger partial charge in [-0.2, -0.15) is 0 Å². The minimum atomic E-state index is -0.810. The lowest BCUT2D eigenvalue weighted by atomic mass is 9.76. The second-order valence-corrected chi connectivity index (χ2v) is 6.78. The third kappa shape index (κ3) is 1.91. The van der Waals surface area contributed by atoms with Crippen LogP contribution in [0.3, 0.4) is 0 Å². The van der Waals surface area contributed by atoms with Crippen molar-refractivity contribution >= 4 is 5.97 Å². The summed E-state index contributed by atoms with van der Waals surface area (Å²) in [5.74, 6) is -0.230. The molecule has 4 heteroatoms. The number of ether oxygens (including phenoxy) is 3. The summed E-state index contributed by atoms with van der Waals surface area (Å²) in [4.78, 5) is 12.4. The van der Waals surface area contributed by atoms with Gasteiger partial charge in [0.2, 0.25) is 0 Å². The maximum atomic E-state index is 12.4. The van der Waals surface area contributed by atoms with E-state index in [2.05, 4.69) is 6.92 Å². The Balaban J connectivity index is 2.33. The van der Waals surface area contributed by atoms with Gasteiger partial charge in [-0.25, -0.2) is 4.79 Å². The summed E-state index contributed by atoms with van der Waals surface area (Å²) in [5.41, 5.74) is -2.09. The van der Waals surface area contributed by atoms with Crippen molar-refractivity contribution in [1.82, 2.24) is 0 Å². The van der Waals surface area contributed by atoms with E-state index >= 15 is 0 Å². The molecular formula is C15H26O4. The molecule has 0 aliphatic carbocycles. The van der Waals surface area contributed by atoms with E-state index in [4.69, 9.17) is 14.2 Å². The second kappa shape index (κ2) is 4.19. The van der Waals surface area contributed by atoms with Gasteiger partial charge in [0.05, 0.1) is 17.8 Å². The zero-order chi connectivity index (χ0) is 14.5. The minimum Gasteiger partial charge on any atom is -0.464 e. The average Bonchev–Trinajstić information content (AvgIpc) is 2.81. The van der Waals surface area contributed by atoms with Gasteiger partial charge in [-0.05, 0) is 41.0 Å². The maximum absolute atomic E-state index is 12.4. The molecule has 0 N–H and O–H groups in total. The first-order chi connectivity index (χ1) is 8.66. The van der Waals surface area contributed by atoms with E-state index in [1.807, 2.05) is 34.6 Å². The Labute approximate surface area is 115 Å². The highest BCUT2D eigenvalue weighted by atomic mass is 16.7. The number of esters is 1. The molecule has 0 amide bonds. The van der Waals surface area contributed by atoms with Crippen LogP contribution in [0.5, 0.6) is 0 Å². The summed E-state index contributed by atoms with van der Waals surface area (Å²) >= 11 is 0. The molecule has 2 rings (SSSR count). The molecule has 2 atom stereocenters. The van der Waals surface area contributed by atoms with Crippen LogP contribution in [0.2, 0.25) is 0 Å². The number of carbonyl (C=O) groups excluding carboxylic acids is 1. The Morgan fingerprint density at radius 2 is 1.79 bits per heavy atom. The van der Waals surface area contributed by atoms with E-state index in [1.54, 1.807) is 0 Å². The highest BCUT2D eigenvalue weighted by Gasteiger charge is 2.84. The van der Waals surface area contributed by atoms with E-state index in [0.717, 1.165) is 12.8 Å². The van der Waals surface area contributed by atoms with Crippen molar-refractivity contribution in [2.45, 2.75) is 83.2 Å². The SMILES string of the molecule is CCCC1(C(=O)OCC)OC12CC(C)(C)OC2(C)C. The third-order valence-corrected chi connectivity index (χ3v) is 4.35. The summed E-state index contributed by atoms with van der Waals surface area (Å²) in [6, 6.07) is 0. The first kappa shape index (κ1) is 14.8. The number of carbonyl (C=O) groups is 1. The van der Waals surface area contributed by atoms with Crippen LogP contribution >= 0.6 is 0 Å². The molecule has 0 aromatic rings. The van der Waals surface area contributed by atoms with Gasteiger partial charge in [0.1, 0.15) is 5.60 Å². The molecule has 0 radical (unpaired) electrons. The highest BCUT2D eigenvalue weighted by Crippen LogP contribution is 2.66. The van der Waals surface area contributed by atoms with E-state index in [1.165, 1.54) is 0 Å². The number of epoxide rings is 1. The summed E-state index contributed by atoms with van der Waals surface area (Å²) in [6.45, 7) is 12.4. The molecule has 0 aromatic heterocycles. The molecule has 0 aromatic carbocycles. The topological polar surface area (TPSA) is 48.1 Å². The molecule has 2 saturated heterocycles. The van der Waals surface area contributed by atoms with Crippen molar-refractivity contribution in [1.29, 1.82) is 0 Å². The number of hydrogen-bond acceptors (Lipinski definition) is 4. The van der Waals surface area contributed by atoms with E-state index in [0.29, 0.717) is 13.0 Å². The van der Waals surface area contributed by atoms with E-state index in [-0.39, 0.29) is 11.6 Å². The monoisotopic (exact) mass is 270 g/mol. The third-order valence-electron chi connectivity index (χ3n) is 4.35. The van der Waals surface area contributed by atoms with Gasteiger partial charge < -0.3 is 14.2 Å². The van der Waals surface area contributed by atoms with Crippen LogP contribution in [-0.2, 0) is 19.0 Å². The zero-order valence-electron chi connectivity index (χ0n) is 13.0. The molecule has 0 bridgehead atoms. The van der Waals surface area contributed by atoms with Crippen LogP contribution in [0, 0.1) is 0 Å². The van der Waals surface area contributed by atoms with Gasteiger partial charge in [0.15, 0.2) is 5.60 Å². The molecule has 4 nitrogen and oxygen atoms in total. The lowest BCUT2D eigenvalue weighted by Gasteiger charge is -2.27. The van der Waals surface area contributed by atoms with Crippen molar-refractivity contribution in [3.05, 3.63) is 0 Å². The summed E-state index contributed by atoms with van der Waals surface area (Å²) < 4.78 is 17.4. The van der Waals surface area contributed by atoms with Gasteiger partial charge in [-0.1, -0.05) is 13.3 Å². The lowest BCUT2D eigenvalue weighted by Crippen LogP contribution is -2.46. The minimum absolute atomic E-state index is 0.230. The van der Waals surface area contributed by atoms with Gasteiger partial charge in [-0.3, -0.25) is 0 Å². The molecule has 2 fully saturated rings. The smallest absolute Gasteiger partial charge is 0.341 e. The van der Waals surface area contributed by atoms with Crippen molar-refractivity contribution in [3.8, 4) is 0 Å². The number of rotatable bonds is 4. The van der Waals surface area contributed by atoms with Crippen LogP contribution < -0.4 is 0 Å². The number of hydrogen-bond donors (Lipinski definition) is 0. The standard InChI is InChI=1S/C15H26O4/c1-7-9-14(11(16)17-8-2)15(19-14)10-12(3,4)18-13(15,5)6/h7-10H2,1-6H3. The highest BCUT2D eigenvalue weighted by molar-refractivity contribution is 5.85. The first-order valence-corrected chi connectivity index (χ1v) is 7.24. The van der Waals surface area contributed by atoms with Gasteiger partial charge in [0, 0.05) is 6.42 Å². The fraction of sp³-hybridized carbons (Fsp3) is 0.933. The van der Waals surface area contributed by atoms with Crippen LogP contribution in [0.15, 0.2) is 0 Å². The van der Waals surface area contributed by atoms with Crippen molar-refractivity contribution in [3.63, 3.8) is 0 Å². The fourth-order valence-electron chi connectivity index (χ4n) is 3.84. The van der Waals surface area contributed by atoms with Crippen molar-refractivity contribution < 1.29 is 19.0 Å². The predicted octanol–water partition coefficient (Wildman–Crippen LogP) is 2.83.